The number of hydrogen-bond acceptors (Lipinski definition) is 2. The van der Waals surface area contributed by atoms with Crippen LogP contribution in [0.25, 0.3) is 32.3 Å². The summed E-state index contributed by atoms with van der Waals surface area (Å²) in [6, 6.07) is 15.9. The fourth-order valence-corrected chi connectivity index (χ4v) is 2.94. The minimum Gasteiger partial charge on any atom is -0.507 e. The summed E-state index contributed by atoms with van der Waals surface area (Å²) < 4.78 is 5.44. The fourth-order valence-electron chi connectivity index (χ4n) is 2.94. The summed E-state index contributed by atoms with van der Waals surface area (Å²) in [6.07, 6.45) is 0. The van der Waals surface area contributed by atoms with Crippen molar-refractivity contribution >= 4 is 32.3 Å². The molecule has 0 unspecified atom stereocenters. The molecule has 0 aliphatic rings. The number of aromatic hydroxyl groups is 1. The summed E-state index contributed by atoms with van der Waals surface area (Å²) in [6.45, 7) is 0. The molecule has 0 atom stereocenters. The molecule has 4 aromatic rings. The van der Waals surface area contributed by atoms with Crippen molar-refractivity contribution in [1.29, 1.82) is 0 Å². The lowest BCUT2D eigenvalue weighted by Gasteiger charge is -2.13. The molecule has 0 bridgehead atoms. The lowest BCUT2D eigenvalue weighted by molar-refractivity contribution is 0.420. The lowest BCUT2D eigenvalue weighted by Crippen LogP contribution is -1.88. The van der Waals surface area contributed by atoms with Gasteiger partial charge >= 0.3 is 0 Å². The van der Waals surface area contributed by atoms with Gasteiger partial charge < -0.3 is 9.84 Å². The van der Waals surface area contributed by atoms with Crippen LogP contribution < -0.4 is 4.74 Å². The van der Waals surface area contributed by atoms with E-state index >= 15 is 0 Å². The molecule has 2 heteroatoms. The molecule has 0 fully saturated rings. The molecule has 0 aliphatic carbocycles. The average Bonchev–Trinajstić information content (AvgIpc) is 2.46. The van der Waals surface area contributed by atoms with E-state index in [0.717, 1.165) is 32.7 Å². The minimum atomic E-state index is 0.324. The molecule has 19 heavy (non-hydrogen) atoms. The highest BCUT2D eigenvalue weighted by atomic mass is 16.5. The van der Waals surface area contributed by atoms with E-state index in [1.165, 1.54) is 5.39 Å². The summed E-state index contributed by atoms with van der Waals surface area (Å²) in [5, 5.41) is 16.6. The van der Waals surface area contributed by atoms with Gasteiger partial charge in [-0.3, -0.25) is 0 Å². The predicted molar refractivity (Wildman–Crippen MR) is 78.4 cm³/mol. The van der Waals surface area contributed by atoms with E-state index in [9.17, 15) is 5.11 Å². The number of benzene rings is 4. The summed E-state index contributed by atoms with van der Waals surface area (Å²) in [5.41, 5.74) is 0. The van der Waals surface area contributed by atoms with Crippen molar-refractivity contribution in [1.82, 2.24) is 0 Å². The van der Waals surface area contributed by atoms with Crippen molar-refractivity contribution in [3.05, 3.63) is 48.5 Å². The molecule has 4 rings (SSSR count). The van der Waals surface area contributed by atoms with Crippen molar-refractivity contribution in [2.75, 3.05) is 7.11 Å². The topological polar surface area (TPSA) is 29.5 Å². The van der Waals surface area contributed by atoms with Crippen LogP contribution in [0.1, 0.15) is 0 Å². The number of phenolic OH excluding ortho intramolecular Hbond substituents is 1. The smallest absolute Gasteiger partial charge is 0.126 e. The molecule has 2 nitrogen and oxygen atoms in total. The van der Waals surface area contributed by atoms with E-state index in [4.69, 9.17) is 4.74 Å². The monoisotopic (exact) mass is 248 g/mol. The van der Waals surface area contributed by atoms with Crippen LogP contribution in [0.3, 0.4) is 0 Å². The Morgan fingerprint density at radius 1 is 0.737 bits per heavy atom. The third kappa shape index (κ3) is 1.26. The first-order valence-corrected chi connectivity index (χ1v) is 6.23. The van der Waals surface area contributed by atoms with Crippen LogP contribution in [0.15, 0.2) is 48.5 Å². The Bertz CT molecular complexity index is 909. The molecule has 0 heterocycles. The second kappa shape index (κ2) is 3.51. The van der Waals surface area contributed by atoms with Gasteiger partial charge in [0.25, 0.3) is 0 Å². The van der Waals surface area contributed by atoms with E-state index in [2.05, 4.69) is 18.2 Å². The lowest BCUT2D eigenvalue weighted by atomic mass is 9.93. The number of ether oxygens (including phenoxy) is 1. The maximum absolute atomic E-state index is 10.0. The molecule has 0 saturated carbocycles. The van der Waals surface area contributed by atoms with E-state index < -0.39 is 0 Å². The Kier molecular flexibility index (Phi) is 1.93. The third-order valence-corrected chi connectivity index (χ3v) is 3.82. The summed E-state index contributed by atoms with van der Waals surface area (Å²) in [7, 11) is 1.68. The first-order valence-electron chi connectivity index (χ1n) is 6.23. The quantitative estimate of drug-likeness (QED) is 0.509. The highest BCUT2D eigenvalue weighted by Gasteiger charge is 2.12. The second-order valence-corrected chi connectivity index (χ2v) is 4.77. The highest BCUT2D eigenvalue weighted by Crippen LogP contribution is 2.40. The van der Waals surface area contributed by atoms with Crippen LogP contribution in [0.4, 0.5) is 0 Å². The van der Waals surface area contributed by atoms with Gasteiger partial charge in [-0.25, -0.2) is 0 Å². The van der Waals surface area contributed by atoms with Gasteiger partial charge in [-0.05, 0) is 29.0 Å². The number of phenols is 1. The standard InChI is InChI=1S/C17H12O2/c1-19-15-9-5-11-2-6-12-14(18)8-4-10-3-7-13(15)17(11)16(10)12/h2-9,18H,1H3. The van der Waals surface area contributed by atoms with Gasteiger partial charge in [0.1, 0.15) is 11.5 Å². The first-order chi connectivity index (χ1) is 9.29. The van der Waals surface area contributed by atoms with Crippen LogP contribution >= 0.6 is 0 Å². The minimum absolute atomic E-state index is 0.324. The Balaban J connectivity index is 2.39. The Morgan fingerprint density at radius 2 is 1.32 bits per heavy atom. The van der Waals surface area contributed by atoms with Crippen LogP contribution in [0, 0.1) is 0 Å². The van der Waals surface area contributed by atoms with Gasteiger partial charge in [0, 0.05) is 21.5 Å². The van der Waals surface area contributed by atoms with E-state index in [-0.39, 0.29) is 0 Å². The zero-order valence-electron chi connectivity index (χ0n) is 10.5. The third-order valence-electron chi connectivity index (χ3n) is 3.82. The normalized spacial score (nSPS) is 11.6. The largest absolute Gasteiger partial charge is 0.507 e. The highest BCUT2D eigenvalue weighted by molar-refractivity contribution is 6.25. The number of hydrogen-bond donors (Lipinski definition) is 1. The first kappa shape index (κ1) is 10.4. The van der Waals surface area contributed by atoms with Gasteiger partial charge in [-0.15, -0.1) is 0 Å². The van der Waals surface area contributed by atoms with Crippen LogP contribution in [-0.4, -0.2) is 12.2 Å². The molecule has 92 valence electrons. The molecule has 1 N–H and O–H groups in total. The van der Waals surface area contributed by atoms with Crippen molar-refractivity contribution in [3.8, 4) is 11.5 Å². The SMILES string of the molecule is COc1ccc2ccc3c(O)ccc4ccc1c2c43. The molecule has 4 aromatic carbocycles. The van der Waals surface area contributed by atoms with E-state index in [1.54, 1.807) is 13.2 Å². The molecule has 0 spiro atoms. The van der Waals surface area contributed by atoms with Crippen molar-refractivity contribution < 1.29 is 9.84 Å². The molecule has 0 radical (unpaired) electrons. The van der Waals surface area contributed by atoms with E-state index in [0.29, 0.717) is 5.75 Å². The molecule has 0 aromatic heterocycles. The Morgan fingerprint density at radius 3 is 2.05 bits per heavy atom. The maximum atomic E-state index is 10.0. The van der Waals surface area contributed by atoms with Crippen molar-refractivity contribution in [2.24, 2.45) is 0 Å². The number of methoxy groups -OCH3 is 1. The maximum Gasteiger partial charge on any atom is 0.126 e. The van der Waals surface area contributed by atoms with Gasteiger partial charge in [0.15, 0.2) is 0 Å². The summed E-state index contributed by atoms with van der Waals surface area (Å²) >= 11 is 0. The molecule has 0 amide bonds. The van der Waals surface area contributed by atoms with Crippen molar-refractivity contribution in [3.63, 3.8) is 0 Å². The van der Waals surface area contributed by atoms with Gasteiger partial charge in [-0.1, -0.05) is 30.3 Å². The van der Waals surface area contributed by atoms with E-state index in [1.807, 2.05) is 24.3 Å². The van der Waals surface area contributed by atoms with Crippen LogP contribution in [0.5, 0.6) is 11.5 Å². The average molecular weight is 248 g/mol. The Labute approximate surface area is 110 Å². The van der Waals surface area contributed by atoms with Gasteiger partial charge in [-0.2, -0.15) is 0 Å². The molecular formula is C17H12O2. The van der Waals surface area contributed by atoms with Crippen LogP contribution in [-0.2, 0) is 0 Å². The zero-order chi connectivity index (χ0) is 13.0. The fraction of sp³-hybridized carbons (Fsp3) is 0.0588. The zero-order valence-corrected chi connectivity index (χ0v) is 10.5. The number of rotatable bonds is 1. The predicted octanol–water partition coefficient (Wildman–Crippen LogP) is 4.30. The molecule has 0 saturated heterocycles. The summed E-state index contributed by atoms with van der Waals surface area (Å²) in [4.78, 5) is 0. The van der Waals surface area contributed by atoms with Crippen molar-refractivity contribution in [2.45, 2.75) is 0 Å². The Hall–Kier alpha value is -2.48. The summed E-state index contributed by atoms with van der Waals surface area (Å²) in [5.74, 6) is 1.19. The molecular weight excluding hydrogens is 236 g/mol. The van der Waals surface area contributed by atoms with Crippen LogP contribution in [0.2, 0.25) is 0 Å². The molecule has 0 aliphatic heterocycles. The van der Waals surface area contributed by atoms with Gasteiger partial charge in [0.05, 0.1) is 7.11 Å². The second-order valence-electron chi connectivity index (χ2n) is 4.77. The van der Waals surface area contributed by atoms with Gasteiger partial charge in [0.2, 0.25) is 0 Å².